The second kappa shape index (κ2) is 13.2. The van der Waals surface area contributed by atoms with Crippen molar-refractivity contribution < 1.29 is 23.9 Å². The summed E-state index contributed by atoms with van der Waals surface area (Å²) in [5, 5.41) is 19.8. The zero-order valence-electron chi connectivity index (χ0n) is 23.8. The number of nitrogens with one attached hydrogen (secondary N) is 3. The molecule has 0 aliphatic heterocycles. The number of aromatic nitrogens is 4. The molecule has 0 radical (unpaired) electrons. The maximum atomic E-state index is 13.0. The van der Waals surface area contributed by atoms with E-state index in [1.165, 1.54) is 4.80 Å². The number of nitrogens with zero attached hydrogens (tertiary/aromatic N) is 4. The van der Waals surface area contributed by atoms with E-state index in [9.17, 15) is 14.4 Å². The van der Waals surface area contributed by atoms with Gasteiger partial charge in [-0.2, -0.15) is 4.80 Å². The minimum atomic E-state index is -0.858. The summed E-state index contributed by atoms with van der Waals surface area (Å²) in [5.41, 5.74) is 3.88. The highest BCUT2D eigenvalue weighted by molar-refractivity contribution is 5.85. The number of rotatable bonds is 11. The van der Waals surface area contributed by atoms with E-state index in [0.717, 1.165) is 22.3 Å². The van der Waals surface area contributed by atoms with E-state index in [2.05, 4.69) is 43.5 Å². The molecule has 1 heterocycles. The summed E-state index contributed by atoms with van der Waals surface area (Å²) in [7, 11) is 1.63. The van der Waals surface area contributed by atoms with Crippen molar-refractivity contribution in [3.63, 3.8) is 0 Å². The first-order valence-electron chi connectivity index (χ1n) is 13.7. The van der Waals surface area contributed by atoms with E-state index in [0.29, 0.717) is 31.6 Å². The first-order valence-corrected chi connectivity index (χ1v) is 13.7. The molecule has 1 unspecified atom stereocenters. The van der Waals surface area contributed by atoms with E-state index >= 15 is 0 Å². The minimum absolute atomic E-state index is 0.0652. The summed E-state index contributed by atoms with van der Waals surface area (Å²) in [5.74, 6) is -0.143. The normalized spacial score (nSPS) is 13.1. The van der Waals surface area contributed by atoms with Gasteiger partial charge in [-0.1, -0.05) is 48.5 Å². The van der Waals surface area contributed by atoms with Crippen LogP contribution in [0.15, 0.2) is 48.5 Å². The van der Waals surface area contributed by atoms with Crippen molar-refractivity contribution in [3.05, 3.63) is 65.5 Å². The Hall–Kier alpha value is -4.48. The Balaban J connectivity index is 1.32. The van der Waals surface area contributed by atoms with Crippen molar-refractivity contribution in [1.29, 1.82) is 0 Å². The van der Waals surface area contributed by atoms with Crippen LogP contribution in [0.5, 0.6) is 0 Å². The van der Waals surface area contributed by atoms with Gasteiger partial charge in [0.2, 0.25) is 5.91 Å². The van der Waals surface area contributed by atoms with Gasteiger partial charge in [0.1, 0.15) is 18.2 Å². The van der Waals surface area contributed by atoms with Gasteiger partial charge in [-0.3, -0.25) is 4.79 Å². The molecule has 0 fully saturated rings. The number of benzene rings is 2. The molecule has 0 saturated heterocycles. The van der Waals surface area contributed by atoms with Crippen LogP contribution in [-0.4, -0.2) is 63.1 Å². The van der Waals surface area contributed by atoms with Crippen LogP contribution >= 0.6 is 0 Å². The van der Waals surface area contributed by atoms with Crippen LogP contribution in [0.3, 0.4) is 0 Å². The Bertz CT molecular complexity index is 1320. The first-order chi connectivity index (χ1) is 19.6. The van der Waals surface area contributed by atoms with Gasteiger partial charge in [-0.25, -0.2) is 9.59 Å². The van der Waals surface area contributed by atoms with Gasteiger partial charge in [-0.15, -0.1) is 10.2 Å². The third-order valence-corrected chi connectivity index (χ3v) is 6.51. The summed E-state index contributed by atoms with van der Waals surface area (Å²) >= 11 is 0. The summed E-state index contributed by atoms with van der Waals surface area (Å²) in [6, 6.07) is 15.3. The Morgan fingerprint density at radius 1 is 0.951 bits per heavy atom. The van der Waals surface area contributed by atoms with E-state index in [1.54, 1.807) is 27.8 Å². The van der Waals surface area contributed by atoms with E-state index in [4.69, 9.17) is 9.47 Å². The molecule has 1 aliphatic rings. The average Bonchev–Trinajstić information content (AvgIpc) is 3.49. The summed E-state index contributed by atoms with van der Waals surface area (Å²) in [4.78, 5) is 39.1. The lowest BCUT2D eigenvalue weighted by atomic mass is 9.98. The lowest BCUT2D eigenvalue weighted by Crippen LogP contribution is -2.47. The molecule has 218 valence electrons. The molecular weight excluding hydrogens is 526 g/mol. The molecule has 0 spiro atoms. The number of aryl methyl sites for hydroxylation is 1. The second-order valence-corrected chi connectivity index (χ2v) is 10.9. The van der Waals surface area contributed by atoms with Crippen molar-refractivity contribution in [2.75, 3.05) is 13.2 Å². The Labute approximate surface area is 239 Å². The number of alkyl carbamates (subject to hydrolysis) is 2. The molecule has 41 heavy (non-hydrogen) atoms. The van der Waals surface area contributed by atoms with Crippen LogP contribution in [-0.2, 0) is 27.9 Å². The van der Waals surface area contributed by atoms with Crippen LogP contribution < -0.4 is 16.0 Å². The van der Waals surface area contributed by atoms with Gasteiger partial charge in [0.25, 0.3) is 0 Å². The fourth-order valence-electron chi connectivity index (χ4n) is 4.71. The maximum Gasteiger partial charge on any atom is 0.407 e. The molecular formula is C29H37N7O5. The number of unbranched alkanes of at least 4 members (excludes halogenated alkanes) is 1. The predicted octanol–water partition coefficient (Wildman–Crippen LogP) is 3.43. The highest BCUT2D eigenvalue weighted by atomic mass is 16.6. The Morgan fingerprint density at radius 3 is 2.22 bits per heavy atom. The third kappa shape index (κ3) is 8.26. The number of carbonyl (C=O) groups is 3. The standard InChI is InChI=1S/C29H37N7O5/c1-29(2,3)41-27(38)30-16-10-9-15-24(26(37)31-17-25-33-35-36(4)34-25)32-28(39)40-18-23-21-13-7-5-11-19(21)20-12-6-8-14-22(20)23/h5-8,11-14,23-24H,9-10,15-18H2,1-4H3,(H,30,38)(H,31,37)(H,32,39). The van der Waals surface area contributed by atoms with Gasteiger partial charge in [0.15, 0.2) is 5.82 Å². The fourth-order valence-corrected chi connectivity index (χ4v) is 4.71. The number of fused-ring (bicyclic) bond motifs is 3. The van der Waals surface area contributed by atoms with Crippen molar-refractivity contribution in [3.8, 4) is 11.1 Å². The van der Waals surface area contributed by atoms with Gasteiger partial charge in [0, 0.05) is 12.5 Å². The molecule has 1 aliphatic carbocycles. The number of amides is 3. The molecule has 3 N–H and O–H groups in total. The Kier molecular flexibility index (Phi) is 9.53. The number of carbonyl (C=O) groups excluding carboxylic acids is 3. The molecule has 3 amide bonds. The third-order valence-electron chi connectivity index (χ3n) is 6.51. The molecule has 12 heteroatoms. The van der Waals surface area contributed by atoms with Gasteiger partial charge in [0.05, 0.1) is 13.6 Å². The number of hydrogen-bond donors (Lipinski definition) is 3. The Morgan fingerprint density at radius 2 is 1.61 bits per heavy atom. The van der Waals surface area contributed by atoms with Crippen LogP contribution in [0.1, 0.15) is 62.9 Å². The maximum absolute atomic E-state index is 13.0. The first kappa shape index (κ1) is 29.5. The van der Waals surface area contributed by atoms with Crippen molar-refractivity contribution in [2.45, 2.75) is 64.1 Å². The summed E-state index contributed by atoms with van der Waals surface area (Å²) in [6.07, 6.45) is 0.290. The molecule has 0 bridgehead atoms. The number of ether oxygens (including phenoxy) is 2. The second-order valence-electron chi connectivity index (χ2n) is 10.9. The van der Waals surface area contributed by atoms with Crippen LogP contribution in [0.25, 0.3) is 11.1 Å². The fraction of sp³-hybridized carbons (Fsp3) is 0.448. The van der Waals surface area contributed by atoms with E-state index < -0.39 is 29.7 Å². The summed E-state index contributed by atoms with van der Waals surface area (Å²) < 4.78 is 10.9. The topological polar surface area (TPSA) is 149 Å². The van der Waals surface area contributed by atoms with Crippen LogP contribution in [0, 0.1) is 0 Å². The van der Waals surface area contributed by atoms with Crippen LogP contribution in [0.2, 0.25) is 0 Å². The smallest absolute Gasteiger partial charge is 0.407 e. The lowest BCUT2D eigenvalue weighted by molar-refractivity contribution is -0.123. The number of tetrazole rings is 1. The molecule has 4 rings (SSSR count). The molecule has 2 aromatic carbocycles. The highest BCUT2D eigenvalue weighted by Gasteiger charge is 2.30. The van der Waals surface area contributed by atoms with Gasteiger partial charge >= 0.3 is 12.2 Å². The largest absolute Gasteiger partial charge is 0.449 e. The molecule has 0 saturated carbocycles. The van der Waals surface area contributed by atoms with Gasteiger partial charge < -0.3 is 25.4 Å². The zero-order valence-corrected chi connectivity index (χ0v) is 23.8. The number of hydrogen-bond acceptors (Lipinski definition) is 8. The molecule has 3 aromatic rings. The van der Waals surface area contributed by atoms with E-state index in [-0.39, 0.29) is 19.1 Å². The molecule has 12 nitrogen and oxygen atoms in total. The average molecular weight is 564 g/mol. The van der Waals surface area contributed by atoms with Gasteiger partial charge in [-0.05, 0) is 67.5 Å². The monoisotopic (exact) mass is 563 g/mol. The SMILES string of the molecule is Cn1nnc(CNC(=O)C(CCCCNC(=O)OC(C)(C)C)NC(=O)OCC2c3ccccc3-c3ccccc32)n1. The van der Waals surface area contributed by atoms with Crippen molar-refractivity contribution in [2.24, 2.45) is 7.05 Å². The predicted molar refractivity (Wildman–Crippen MR) is 151 cm³/mol. The van der Waals surface area contributed by atoms with Crippen LogP contribution in [0.4, 0.5) is 9.59 Å². The minimum Gasteiger partial charge on any atom is -0.449 e. The quantitative estimate of drug-likeness (QED) is 0.301. The molecule has 1 atom stereocenters. The highest BCUT2D eigenvalue weighted by Crippen LogP contribution is 2.44. The lowest BCUT2D eigenvalue weighted by Gasteiger charge is -2.20. The molecule has 1 aromatic heterocycles. The van der Waals surface area contributed by atoms with Crippen molar-refractivity contribution >= 4 is 18.1 Å². The van der Waals surface area contributed by atoms with Crippen molar-refractivity contribution in [1.82, 2.24) is 36.2 Å². The zero-order chi connectivity index (χ0) is 29.4. The van der Waals surface area contributed by atoms with E-state index in [1.807, 2.05) is 36.4 Å². The summed E-state index contributed by atoms with van der Waals surface area (Å²) in [6.45, 7) is 5.95.